The van der Waals surface area contributed by atoms with Crippen molar-refractivity contribution in [2.75, 3.05) is 13.2 Å². The molecule has 86 valence electrons. The van der Waals surface area contributed by atoms with Crippen molar-refractivity contribution in [2.24, 2.45) is 5.92 Å². The standard InChI is InChI=1S/C12H26O2/c1-4-5-6-7-8-9-14-12(10-13)11(2)3/h11-13H,4-10H2,1-3H3/t12-/m1/s1. The van der Waals surface area contributed by atoms with E-state index in [1.165, 1.54) is 25.7 Å². The molecular formula is C12H26O2. The molecule has 0 radical (unpaired) electrons. The molecule has 14 heavy (non-hydrogen) atoms. The van der Waals surface area contributed by atoms with Gasteiger partial charge < -0.3 is 9.84 Å². The molecule has 0 aliphatic carbocycles. The molecule has 2 heteroatoms. The highest BCUT2D eigenvalue weighted by Gasteiger charge is 2.11. The summed E-state index contributed by atoms with van der Waals surface area (Å²) in [5, 5.41) is 9.01. The molecule has 0 spiro atoms. The van der Waals surface area contributed by atoms with Gasteiger partial charge in [0.15, 0.2) is 0 Å². The summed E-state index contributed by atoms with van der Waals surface area (Å²) in [7, 11) is 0. The molecule has 0 unspecified atom stereocenters. The maximum Gasteiger partial charge on any atom is 0.0828 e. The molecule has 0 saturated carbocycles. The first-order valence-corrected chi connectivity index (χ1v) is 5.94. The molecule has 0 aliphatic rings. The average molecular weight is 202 g/mol. The summed E-state index contributed by atoms with van der Waals surface area (Å²) < 4.78 is 5.58. The Morgan fingerprint density at radius 2 is 1.71 bits per heavy atom. The van der Waals surface area contributed by atoms with Gasteiger partial charge in [0.1, 0.15) is 0 Å². The second-order valence-corrected chi connectivity index (χ2v) is 4.25. The van der Waals surface area contributed by atoms with Crippen LogP contribution in [0.4, 0.5) is 0 Å². The molecule has 0 heterocycles. The number of aliphatic hydroxyl groups is 1. The third-order valence-corrected chi connectivity index (χ3v) is 2.50. The molecule has 1 N–H and O–H groups in total. The zero-order valence-corrected chi connectivity index (χ0v) is 9.96. The number of rotatable bonds is 9. The monoisotopic (exact) mass is 202 g/mol. The first kappa shape index (κ1) is 13.9. The van der Waals surface area contributed by atoms with Crippen LogP contribution in [0.1, 0.15) is 52.9 Å². The van der Waals surface area contributed by atoms with Crippen LogP contribution in [0.5, 0.6) is 0 Å². The third-order valence-electron chi connectivity index (χ3n) is 2.50. The third kappa shape index (κ3) is 7.34. The molecule has 0 fully saturated rings. The van der Waals surface area contributed by atoms with E-state index in [0.717, 1.165) is 13.0 Å². The molecule has 0 rings (SSSR count). The van der Waals surface area contributed by atoms with Crippen molar-refractivity contribution in [3.05, 3.63) is 0 Å². The lowest BCUT2D eigenvalue weighted by molar-refractivity contribution is -0.0157. The molecule has 0 saturated heterocycles. The lowest BCUT2D eigenvalue weighted by Gasteiger charge is -2.18. The van der Waals surface area contributed by atoms with Crippen molar-refractivity contribution < 1.29 is 9.84 Å². The lowest BCUT2D eigenvalue weighted by Crippen LogP contribution is -2.24. The molecule has 1 atom stereocenters. The van der Waals surface area contributed by atoms with Gasteiger partial charge in [-0.25, -0.2) is 0 Å². The minimum Gasteiger partial charge on any atom is -0.394 e. The van der Waals surface area contributed by atoms with Gasteiger partial charge in [-0.2, -0.15) is 0 Å². The van der Waals surface area contributed by atoms with Gasteiger partial charge in [0.25, 0.3) is 0 Å². The van der Waals surface area contributed by atoms with Crippen molar-refractivity contribution in [2.45, 2.75) is 59.0 Å². The van der Waals surface area contributed by atoms with E-state index >= 15 is 0 Å². The quantitative estimate of drug-likeness (QED) is 0.582. The summed E-state index contributed by atoms with van der Waals surface area (Å²) in [4.78, 5) is 0. The molecule has 0 amide bonds. The predicted octanol–water partition coefficient (Wildman–Crippen LogP) is 2.99. The molecule has 0 aromatic rings. The Morgan fingerprint density at radius 1 is 1.07 bits per heavy atom. The number of hydrogen-bond acceptors (Lipinski definition) is 2. The van der Waals surface area contributed by atoms with Gasteiger partial charge in [-0.15, -0.1) is 0 Å². The van der Waals surface area contributed by atoms with E-state index < -0.39 is 0 Å². The summed E-state index contributed by atoms with van der Waals surface area (Å²) in [6.07, 6.45) is 6.33. The van der Waals surface area contributed by atoms with Crippen LogP contribution in [0.15, 0.2) is 0 Å². The van der Waals surface area contributed by atoms with Gasteiger partial charge in [-0.1, -0.05) is 46.5 Å². The van der Waals surface area contributed by atoms with Crippen LogP contribution in [0.25, 0.3) is 0 Å². The normalized spacial score (nSPS) is 13.5. The van der Waals surface area contributed by atoms with Crippen molar-refractivity contribution in [3.63, 3.8) is 0 Å². The van der Waals surface area contributed by atoms with Gasteiger partial charge in [0.2, 0.25) is 0 Å². The van der Waals surface area contributed by atoms with Crippen molar-refractivity contribution in [3.8, 4) is 0 Å². The van der Waals surface area contributed by atoms with Gasteiger partial charge in [-0.05, 0) is 12.3 Å². The summed E-state index contributed by atoms with van der Waals surface area (Å²) >= 11 is 0. The van der Waals surface area contributed by atoms with Crippen LogP contribution in [0.3, 0.4) is 0 Å². The second kappa shape index (κ2) is 9.47. The van der Waals surface area contributed by atoms with Crippen LogP contribution in [0, 0.1) is 5.92 Å². The van der Waals surface area contributed by atoms with Gasteiger partial charge in [-0.3, -0.25) is 0 Å². The Labute approximate surface area is 88.7 Å². The topological polar surface area (TPSA) is 29.5 Å². The smallest absolute Gasteiger partial charge is 0.0828 e. The molecule has 0 bridgehead atoms. The van der Waals surface area contributed by atoms with Crippen LogP contribution in [0.2, 0.25) is 0 Å². The average Bonchev–Trinajstić information content (AvgIpc) is 2.16. The zero-order valence-electron chi connectivity index (χ0n) is 9.96. The van der Waals surface area contributed by atoms with E-state index in [-0.39, 0.29) is 12.7 Å². The molecule has 0 aromatic carbocycles. The van der Waals surface area contributed by atoms with Gasteiger partial charge in [0.05, 0.1) is 12.7 Å². The summed E-state index contributed by atoms with van der Waals surface area (Å²) in [5.74, 6) is 0.413. The Kier molecular flexibility index (Phi) is 9.42. The Bertz CT molecular complexity index is 113. The first-order valence-electron chi connectivity index (χ1n) is 5.94. The van der Waals surface area contributed by atoms with Crippen molar-refractivity contribution >= 4 is 0 Å². The minimum absolute atomic E-state index is 0.0289. The van der Waals surface area contributed by atoms with E-state index in [4.69, 9.17) is 9.84 Å². The molecule has 0 aliphatic heterocycles. The van der Waals surface area contributed by atoms with Crippen LogP contribution in [-0.4, -0.2) is 24.4 Å². The fourth-order valence-corrected chi connectivity index (χ4v) is 1.40. The summed E-state index contributed by atoms with van der Waals surface area (Å²) in [5.41, 5.74) is 0. The fraction of sp³-hybridized carbons (Fsp3) is 1.00. The summed E-state index contributed by atoms with van der Waals surface area (Å²) in [6, 6.07) is 0. The second-order valence-electron chi connectivity index (χ2n) is 4.25. The van der Waals surface area contributed by atoms with Crippen LogP contribution >= 0.6 is 0 Å². The Hall–Kier alpha value is -0.0800. The largest absolute Gasteiger partial charge is 0.394 e. The van der Waals surface area contributed by atoms with E-state index in [2.05, 4.69) is 20.8 Å². The maximum atomic E-state index is 9.01. The highest BCUT2D eigenvalue weighted by molar-refractivity contribution is 4.59. The highest BCUT2D eigenvalue weighted by Crippen LogP contribution is 2.08. The SMILES string of the molecule is CCCCCCCO[C@H](CO)C(C)C. The van der Waals surface area contributed by atoms with Gasteiger partial charge >= 0.3 is 0 Å². The molecular weight excluding hydrogens is 176 g/mol. The van der Waals surface area contributed by atoms with E-state index in [1.54, 1.807) is 0 Å². The Morgan fingerprint density at radius 3 is 2.21 bits per heavy atom. The van der Waals surface area contributed by atoms with Crippen LogP contribution < -0.4 is 0 Å². The van der Waals surface area contributed by atoms with Gasteiger partial charge in [0, 0.05) is 6.61 Å². The number of aliphatic hydroxyl groups excluding tert-OH is 1. The Balaban J connectivity index is 3.25. The number of ether oxygens (including phenoxy) is 1. The molecule has 0 aromatic heterocycles. The fourth-order valence-electron chi connectivity index (χ4n) is 1.40. The van der Waals surface area contributed by atoms with E-state index in [9.17, 15) is 0 Å². The lowest BCUT2D eigenvalue weighted by atomic mass is 10.1. The van der Waals surface area contributed by atoms with Crippen LogP contribution in [-0.2, 0) is 4.74 Å². The van der Waals surface area contributed by atoms with E-state index in [0.29, 0.717) is 5.92 Å². The van der Waals surface area contributed by atoms with Crippen molar-refractivity contribution in [1.29, 1.82) is 0 Å². The summed E-state index contributed by atoms with van der Waals surface area (Å²) in [6.45, 7) is 7.33. The highest BCUT2D eigenvalue weighted by atomic mass is 16.5. The molecule has 2 nitrogen and oxygen atoms in total. The number of hydrogen-bond donors (Lipinski definition) is 1. The predicted molar refractivity (Wildman–Crippen MR) is 60.4 cm³/mol. The first-order chi connectivity index (χ1) is 6.72. The van der Waals surface area contributed by atoms with E-state index in [1.807, 2.05) is 0 Å². The zero-order chi connectivity index (χ0) is 10.8. The number of unbranched alkanes of at least 4 members (excludes halogenated alkanes) is 4. The van der Waals surface area contributed by atoms with Crippen molar-refractivity contribution in [1.82, 2.24) is 0 Å². The maximum absolute atomic E-state index is 9.01. The minimum atomic E-state index is 0.0289.